The second-order valence-electron chi connectivity index (χ2n) is 6.56. The SMILES string of the molecule is CCNC(=O)C(CC)N(Cc1ccc(Cl)cc1)C(=O)CCc1ccccc1Cl. The van der Waals surface area contributed by atoms with Gasteiger partial charge in [-0.05, 0) is 49.1 Å². The maximum Gasteiger partial charge on any atom is 0.242 e. The Morgan fingerprint density at radius 3 is 2.32 bits per heavy atom. The van der Waals surface area contributed by atoms with Crippen LogP contribution in [-0.2, 0) is 22.6 Å². The standard InChI is InChI=1S/C22H26Cl2N2O2/c1-3-20(22(28)25-4-2)26(15-16-9-12-18(23)13-10-16)21(27)14-11-17-7-5-6-8-19(17)24/h5-10,12-13,20H,3-4,11,14-15H2,1-2H3,(H,25,28). The summed E-state index contributed by atoms with van der Waals surface area (Å²) in [5, 5.41) is 4.12. The van der Waals surface area contributed by atoms with Gasteiger partial charge in [-0.1, -0.05) is 60.5 Å². The fraction of sp³-hybridized carbons (Fsp3) is 0.364. The van der Waals surface area contributed by atoms with Gasteiger partial charge in [-0.3, -0.25) is 9.59 Å². The summed E-state index contributed by atoms with van der Waals surface area (Å²) in [6.45, 7) is 4.66. The highest BCUT2D eigenvalue weighted by molar-refractivity contribution is 6.31. The van der Waals surface area contributed by atoms with Crippen molar-refractivity contribution in [1.29, 1.82) is 0 Å². The molecule has 1 unspecified atom stereocenters. The van der Waals surface area contributed by atoms with Crippen molar-refractivity contribution < 1.29 is 9.59 Å². The summed E-state index contributed by atoms with van der Waals surface area (Å²) in [5.41, 5.74) is 1.85. The topological polar surface area (TPSA) is 49.4 Å². The molecule has 150 valence electrons. The average molecular weight is 421 g/mol. The molecule has 0 aliphatic carbocycles. The zero-order valence-electron chi connectivity index (χ0n) is 16.3. The second-order valence-corrected chi connectivity index (χ2v) is 7.40. The number of likely N-dealkylation sites (N-methyl/N-ethyl adjacent to an activating group) is 1. The summed E-state index contributed by atoms with van der Waals surface area (Å²) in [6, 6.07) is 14.3. The van der Waals surface area contributed by atoms with E-state index in [1.165, 1.54) is 0 Å². The summed E-state index contributed by atoms with van der Waals surface area (Å²) in [5.74, 6) is -0.210. The zero-order valence-corrected chi connectivity index (χ0v) is 17.8. The van der Waals surface area contributed by atoms with Crippen LogP contribution < -0.4 is 5.32 Å². The quantitative estimate of drug-likeness (QED) is 0.628. The van der Waals surface area contributed by atoms with E-state index in [0.717, 1.165) is 11.1 Å². The molecule has 2 amide bonds. The van der Waals surface area contributed by atoms with Gasteiger partial charge in [0.05, 0.1) is 0 Å². The number of nitrogens with one attached hydrogen (secondary N) is 1. The Balaban J connectivity index is 2.19. The van der Waals surface area contributed by atoms with Crippen LogP contribution in [0.3, 0.4) is 0 Å². The summed E-state index contributed by atoms with van der Waals surface area (Å²) in [4.78, 5) is 27.3. The van der Waals surface area contributed by atoms with Crippen LogP contribution in [0.4, 0.5) is 0 Å². The lowest BCUT2D eigenvalue weighted by Gasteiger charge is -2.30. The molecule has 28 heavy (non-hydrogen) atoms. The van der Waals surface area contributed by atoms with E-state index in [9.17, 15) is 9.59 Å². The summed E-state index contributed by atoms with van der Waals surface area (Å²) in [6.07, 6.45) is 1.35. The molecule has 2 aromatic rings. The Bertz CT molecular complexity index is 793. The first-order valence-electron chi connectivity index (χ1n) is 9.51. The lowest BCUT2D eigenvalue weighted by Crippen LogP contribution is -2.49. The van der Waals surface area contributed by atoms with Crippen molar-refractivity contribution in [3.8, 4) is 0 Å². The van der Waals surface area contributed by atoms with E-state index in [1.54, 1.807) is 17.0 Å². The number of amides is 2. The van der Waals surface area contributed by atoms with Crippen LogP contribution >= 0.6 is 23.2 Å². The summed E-state index contributed by atoms with van der Waals surface area (Å²) >= 11 is 12.2. The molecule has 0 radical (unpaired) electrons. The molecule has 0 aliphatic rings. The largest absolute Gasteiger partial charge is 0.355 e. The lowest BCUT2D eigenvalue weighted by atomic mass is 10.1. The van der Waals surface area contributed by atoms with Crippen molar-refractivity contribution in [2.45, 2.75) is 45.7 Å². The van der Waals surface area contributed by atoms with Crippen molar-refractivity contribution in [1.82, 2.24) is 10.2 Å². The molecule has 0 saturated heterocycles. The molecule has 1 N–H and O–H groups in total. The van der Waals surface area contributed by atoms with Crippen molar-refractivity contribution in [2.24, 2.45) is 0 Å². The second kappa shape index (κ2) is 11.1. The number of aryl methyl sites for hydroxylation is 1. The molecule has 0 bridgehead atoms. The Hall–Kier alpha value is -2.04. The molecule has 4 nitrogen and oxygen atoms in total. The van der Waals surface area contributed by atoms with E-state index in [0.29, 0.717) is 36.0 Å². The Labute approximate surface area is 176 Å². The minimum absolute atomic E-state index is 0.0760. The predicted molar refractivity (Wildman–Crippen MR) is 115 cm³/mol. The third-order valence-corrected chi connectivity index (χ3v) is 5.19. The van der Waals surface area contributed by atoms with Crippen LogP contribution in [0.5, 0.6) is 0 Å². The third kappa shape index (κ3) is 6.25. The van der Waals surface area contributed by atoms with Gasteiger partial charge >= 0.3 is 0 Å². The number of carbonyl (C=O) groups excluding carboxylic acids is 2. The van der Waals surface area contributed by atoms with Gasteiger partial charge in [-0.15, -0.1) is 0 Å². The third-order valence-electron chi connectivity index (χ3n) is 4.57. The normalized spacial score (nSPS) is 11.7. The molecule has 0 spiro atoms. The molecule has 0 aromatic heterocycles. The Kier molecular flexibility index (Phi) is 8.81. The first-order valence-corrected chi connectivity index (χ1v) is 10.3. The minimum Gasteiger partial charge on any atom is -0.355 e. The van der Waals surface area contributed by atoms with Gasteiger partial charge in [0.2, 0.25) is 11.8 Å². The predicted octanol–water partition coefficient (Wildman–Crippen LogP) is 4.87. The molecule has 2 rings (SSSR count). The smallest absolute Gasteiger partial charge is 0.242 e. The molecule has 6 heteroatoms. The van der Waals surface area contributed by atoms with Gasteiger partial charge in [-0.25, -0.2) is 0 Å². The van der Waals surface area contributed by atoms with Crippen molar-refractivity contribution in [3.63, 3.8) is 0 Å². The van der Waals surface area contributed by atoms with Gasteiger partial charge in [0, 0.05) is 29.6 Å². The molecule has 1 atom stereocenters. The maximum atomic E-state index is 13.1. The highest BCUT2D eigenvalue weighted by Gasteiger charge is 2.28. The number of carbonyl (C=O) groups is 2. The van der Waals surface area contributed by atoms with Crippen LogP contribution in [0.25, 0.3) is 0 Å². The average Bonchev–Trinajstić information content (AvgIpc) is 2.68. The molecule has 0 fully saturated rings. The zero-order chi connectivity index (χ0) is 20.5. The van der Waals surface area contributed by atoms with Crippen LogP contribution in [0.2, 0.25) is 10.0 Å². The number of benzene rings is 2. The fourth-order valence-corrected chi connectivity index (χ4v) is 3.44. The van der Waals surface area contributed by atoms with E-state index in [4.69, 9.17) is 23.2 Å². The Morgan fingerprint density at radius 2 is 1.71 bits per heavy atom. The van der Waals surface area contributed by atoms with Crippen molar-refractivity contribution >= 4 is 35.0 Å². The van der Waals surface area contributed by atoms with E-state index >= 15 is 0 Å². The van der Waals surface area contributed by atoms with Crippen LogP contribution in [-0.4, -0.2) is 29.3 Å². The molecular formula is C22H26Cl2N2O2. The van der Waals surface area contributed by atoms with Crippen molar-refractivity contribution in [2.75, 3.05) is 6.54 Å². The first-order chi connectivity index (χ1) is 13.5. The molecule has 0 saturated carbocycles. The Morgan fingerprint density at radius 1 is 1.04 bits per heavy atom. The number of hydrogen-bond donors (Lipinski definition) is 1. The summed E-state index contributed by atoms with van der Waals surface area (Å²) < 4.78 is 0. The lowest BCUT2D eigenvalue weighted by molar-refractivity contribution is -0.141. The van der Waals surface area contributed by atoms with E-state index in [1.807, 2.05) is 50.2 Å². The van der Waals surface area contributed by atoms with Gasteiger partial charge in [0.15, 0.2) is 0 Å². The summed E-state index contributed by atoms with van der Waals surface area (Å²) in [7, 11) is 0. The monoisotopic (exact) mass is 420 g/mol. The van der Waals surface area contributed by atoms with Crippen LogP contribution in [0.1, 0.15) is 37.8 Å². The van der Waals surface area contributed by atoms with Crippen molar-refractivity contribution in [3.05, 3.63) is 69.7 Å². The molecule has 0 aliphatic heterocycles. The van der Waals surface area contributed by atoms with E-state index in [-0.39, 0.29) is 18.2 Å². The molecule has 0 heterocycles. The molecular weight excluding hydrogens is 395 g/mol. The van der Waals surface area contributed by atoms with Gasteiger partial charge < -0.3 is 10.2 Å². The first kappa shape index (κ1) is 22.3. The van der Waals surface area contributed by atoms with Gasteiger partial charge in [-0.2, -0.15) is 0 Å². The fourth-order valence-electron chi connectivity index (χ4n) is 3.08. The number of rotatable bonds is 9. The highest BCUT2D eigenvalue weighted by Crippen LogP contribution is 2.20. The van der Waals surface area contributed by atoms with Gasteiger partial charge in [0.25, 0.3) is 0 Å². The minimum atomic E-state index is -0.519. The number of halogens is 2. The van der Waals surface area contributed by atoms with E-state index in [2.05, 4.69) is 5.32 Å². The number of nitrogens with zero attached hydrogens (tertiary/aromatic N) is 1. The van der Waals surface area contributed by atoms with Crippen LogP contribution in [0, 0.1) is 0 Å². The highest BCUT2D eigenvalue weighted by atomic mass is 35.5. The van der Waals surface area contributed by atoms with Gasteiger partial charge in [0.1, 0.15) is 6.04 Å². The van der Waals surface area contributed by atoms with E-state index < -0.39 is 6.04 Å². The maximum absolute atomic E-state index is 13.1. The molecule has 2 aromatic carbocycles. The van der Waals surface area contributed by atoms with Crippen LogP contribution in [0.15, 0.2) is 48.5 Å². The number of hydrogen-bond acceptors (Lipinski definition) is 2.